The van der Waals surface area contributed by atoms with E-state index in [2.05, 4.69) is 5.32 Å². The molecule has 1 N–H and O–H groups in total. The number of nitrogens with one attached hydrogen (secondary N) is 1. The molecule has 0 aromatic heterocycles. The van der Waals surface area contributed by atoms with Crippen LogP contribution in [0.4, 0.5) is 0 Å². The summed E-state index contributed by atoms with van der Waals surface area (Å²) in [6, 6.07) is 7.39. The quantitative estimate of drug-likeness (QED) is 0.678. The summed E-state index contributed by atoms with van der Waals surface area (Å²) in [6.45, 7) is 6.22. The van der Waals surface area contributed by atoms with Crippen LogP contribution in [0.5, 0.6) is 0 Å². The highest BCUT2D eigenvalue weighted by Gasteiger charge is 2.57. The maximum absolute atomic E-state index is 13.7. The number of hydrogen-bond acceptors (Lipinski definition) is 4. The van der Waals surface area contributed by atoms with E-state index in [0.717, 1.165) is 24.0 Å². The largest absolute Gasteiger partial charge is 0.352 e. The molecule has 1 aromatic carbocycles. The molecule has 0 radical (unpaired) electrons. The van der Waals surface area contributed by atoms with Crippen LogP contribution in [0.25, 0.3) is 0 Å². The summed E-state index contributed by atoms with van der Waals surface area (Å²) in [7, 11) is 0. The zero-order chi connectivity index (χ0) is 22.3. The summed E-state index contributed by atoms with van der Waals surface area (Å²) in [6.07, 6.45) is 2.85. The minimum atomic E-state index is -1.16. The van der Waals surface area contributed by atoms with Crippen molar-refractivity contribution in [2.24, 2.45) is 0 Å². The van der Waals surface area contributed by atoms with Gasteiger partial charge in [0.05, 0.1) is 5.41 Å². The summed E-state index contributed by atoms with van der Waals surface area (Å²) >= 11 is 0. The van der Waals surface area contributed by atoms with Crippen molar-refractivity contribution in [3.63, 3.8) is 0 Å². The van der Waals surface area contributed by atoms with Crippen LogP contribution in [0.1, 0.15) is 63.5 Å². The summed E-state index contributed by atoms with van der Waals surface area (Å²) in [5, 5.41) is 2.92. The standard InChI is InChI=1S/C24H31N3O4/c1-15(2)26(14-17-8-11-20(28)25-17)21(29)12-24(19-7-5-4-6-16(19)3)13-22(30)27(23(24)31)18-9-10-18/h4-7,15,17-18H,8-14H2,1-3H3,(H,25,28). The van der Waals surface area contributed by atoms with Crippen molar-refractivity contribution in [1.82, 2.24) is 15.1 Å². The van der Waals surface area contributed by atoms with Gasteiger partial charge in [-0.3, -0.25) is 24.1 Å². The second kappa shape index (κ2) is 8.09. The van der Waals surface area contributed by atoms with Crippen LogP contribution in [-0.2, 0) is 24.6 Å². The fourth-order valence-corrected chi connectivity index (χ4v) is 5.03. The number of nitrogens with zero attached hydrogens (tertiary/aromatic N) is 2. The van der Waals surface area contributed by atoms with E-state index in [0.29, 0.717) is 19.4 Å². The lowest BCUT2D eigenvalue weighted by Crippen LogP contribution is -2.49. The van der Waals surface area contributed by atoms with Gasteiger partial charge in [-0.2, -0.15) is 0 Å². The summed E-state index contributed by atoms with van der Waals surface area (Å²) in [5.41, 5.74) is 0.518. The molecule has 1 aliphatic carbocycles. The number of rotatable bonds is 7. The molecular formula is C24H31N3O4. The van der Waals surface area contributed by atoms with Gasteiger partial charge in [0.25, 0.3) is 0 Å². The molecule has 2 atom stereocenters. The number of hydrogen-bond donors (Lipinski definition) is 1. The molecule has 1 aromatic rings. The van der Waals surface area contributed by atoms with Gasteiger partial charge in [-0.05, 0) is 51.2 Å². The molecule has 4 amide bonds. The molecule has 0 bridgehead atoms. The van der Waals surface area contributed by atoms with E-state index in [9.17, 15) is 19.2 Å². The Kier molecular flexibility index (Phi) is 5.62. The van der Waals surface area contributed by atoms with Crippen LogP contribution in [0.15, 0.2) is 24.3 Å². The molecule has 3 aliphatic rings. The molecule has 3 fully saturated rings. The molecule has 1 saturated carbocycles. The zero-order valence-corrected chi connectivity index (χ0v) is 18.5. The van der Waals surface area contributed by atoms with E-state index < -0.39 is 5.41 Å². The summed E-state index contributed by atoms with van der Waals surface area (Å²) < 4.78 is 0. The molecule has 0 spiro atoms. The van der Waals surface area contributed by atoms with E-state index >= 15 is 0 Å². The van der Waals surface area contributed by atoms with E-state index in [-0.39, 0.29) is 54.6 Å². The van der Waals surface area contributed by atoms with Crippen LogP contribution in [0.3, 0.4) is 0 Å². The Hall–Kier alpha value is -2.70. The predicted molar refractivity (Wildman–Crippen MR) is 115 cm³/mol. The third-order valence-corrected chi connectivity index (χ3v) is 6.82. The SMILES string of the molecule is Cc1ccccc1C1(CC(=O)N(CC2CCC(=O)N2)C(C)C)CC(=O)N(C2CC2)C1=O. The highest BCUT2D eigenvalue weighted by Crippen LogP contribution is 2.45. The number of benzene rings is 1. The molecule has 4 rings (SSSR count). The maximum atomic E-state index is 13.7. The minimum Gasteiger partial charge on any atom is -0.352 e. The third kappa shape index (κ3) is 3.98. The van der Waals surface area contributed by atoms with Crippen LogP contribution in [-0.4, -0.2) is 58.1 Å². The van der Waals surface area contributed by atoms with Crippen molar-refractivity contribution in [1.29, 1.82) is 0 Å². The van der Waals surface area contributed by atoms with Crippen molar-refractivity contribution in [2.45, 2.75) is 82.8 Å². The predicted octanol–water partition coefficient (Wildman–Crippen LogP) is 2.06. The first kappa shape index (κ1) is 21.5. The average Bonchev–Trinajstić information content (AvgIpc) is 3.40. The van der Waals surface area contributed by atoms with Crippen molar-refractivity contribution in [3.05, 3.63) is 35.4 Å². The first-order chi connectivity index (χ1) is 14.7. The molecule has 7 nitrogen and oxygen atoms in total. The third-order valence-electron chi connectivity index (χ3n) is 6.82. The highest BCUT2D eigenvalue weighted by atomic mass is 16.2. The van der Waals surface area contributed by atoms with Gasteiger partial charge in [0.15, 0.2) is 0 Å². The summed E-state index contributed by atoms with van der Waals surface area (Å²) in [4.78, 5) is 54.9. The lowest BCUT2D eigenvalue weighted by atomic mass is 9.73. The topological polar surface area (TPSA) is 86.8 Å². The number of imide groups is 1. The number of carbonyl (C=O) groups excluding carboxylic acids is 4. The maximum Gasteiger partial charge on any atom is 0.241 e. The van der Waals surface area contributed by atoms with Crippen molar-refractivity contribution in [3.8, 4) is 0 Å². The van der Waals surface area contributed by atoms with Crippen LogP contribution < -0.4 is 5.32 Å². The first-order valence-electron chi connectivity index (χ1n) is 11.2. The average molecular weight is 426 g/mol. The first-order valence-corrected chi connectivity index (χ1v) is 11.2. The Balaban J connectivity index is 1.65. The second-order valence-corrected chi connectivity index (χ2v) is 9.49. The Bertz CT molecular complexity index is 923. The monoisotopic (exact) mass is 425 g/mol. The van der Waals surface area contributed by atoms with E-state index in [4.69, 9.17) is 0 Å². The Morgan fingerprint density at radius 1 is 1.19 bits per heavy atom. The van der Waals surface area contributed by atoms with Gasteiger partial charge < -0.3 is 10.2 Å². The Labute approximate surface area is 183 Å². The van der Waals surface area contributed by atoms with Crippen LogP contribution >= 0.6 is 0 Å². The van der Waals surface area contributed by atoms with Gasteiger partial charge in [-0.25, -0.2) is 0 Å². The lowest BCUT2D eigenvalue weighted by Gasteiger charge is -2.34. The van der Waals surface area contributed by atoms with E-state index in [1.165, 1.54) is 4.90 Å². The Morgan fingerprint density at radius 3 is 2.48 bits per heavy atom. The lowest BCUT2D eigenvalue weighted by molar-refractivity contribution is -0.143. The zero-order valence-electron chi connectivity index (χ0n) is 18.5. The smallest absolute Gasteiger partial charge is 0.241 e. The number of likely N-dealkylation sites (tertiary alicyclic amines) is 1. The minimum absolute atomic E-state index is 0.00850. The van der Waals surface area contributed by atoms with Crippen molar-refractivity contribution < 1.29 is 19.2 Å². The van der Waals surface area contributed by atoms with E-state index in [1.54, 1.807) is 4.90 Å². The van der Waals surface area contributed by atoms with Gasteiger partial charge in [0.2, 0.25) is 23.6 Å². The fourth-order valence-electron chi connectivity index (χ4n) is 5.03. The van der Waals surface area contributed by atoms with Gasteiger partial charge in [-0.15, -0.1) is 0 Å². The Morgan fingerprint density at radius 2 is 1.90 bits per heavy atom. The second-order valence-electron chi connectivity index (χ2n) is 9.49. The van der Waals surface area contributed by atoms with Crippen LogP contribution in [0, 0.1) is 6.92 Å². The molecule has 166 valence electrons. The molecule has 2 heterocycles. The molecule has 31 heavy (non-hydrogen) atoms. The molecule has 2 unspecified atom stereocenters. The fraction of sp³-hybridized carbons (Fsp3) is 0.583. The van der Waals surface area contributed by atoms with E-state index in [1.807, 2.05) is 45.0 Å². The highest BCUT2D eigenvalue weighted by molar-refractivity contribution is 6.11. The molecular weight excluding hydrogens is 394 g/mol. The van der Waals surface area contributed by atoms with Crippen molar-refractivity contribution in [2.75, 3.05) is 6.54 Å². The van der Waals surface area contributed by atoms with Gasteiger partial charge in [-0.1, -0.05) is 24.3 Å². The van der Waals surface area contributed by atoms with Crippen molar-refractivity contribution >= 4 is 23.6 Å². The molecule has 2 aliphatic heterocycles. The normalized spacial score (nSPS) is 26.0. The van der Waals surface area contributed by atoms with Gasteiger partial charge >= 0.3 is 0 Å². The molecule has 7 heteroatoms. The van der Waals surface area contributed by atoms with Gasteiger partial charge in [0, 0.05) is 43.9 Å². The van der Waals surface area contributed by atoms with Gasteiger partial charge in [0.1, 0.15) is 0 Å². The molecule has 2 saturated heterocycles. The number of aryl methyl sites for hydroxylation is 1. The summed E-state index contributed by atoms with van der Waals surface area (Å²) in [5.74, 6) is -0.560. The van der Waals surface area contributed by atoms with Crippen LogP contribution in [0.2, 0.25) is 0 Å². The number of carbonyl (C=O) groups is 4. The number of amides is 4.